The van der Waals surface area contributed by atoms with Gasteiger partial charge in [0.05, 0.1) is 6.42 Å². The summed E-state index contributed by atoms with van der Waals surface area (Å²) in [7, 11) is 0. The lowest BCUT2D eigenvalue weighted by molar-refractivity contribution is -0.137. The van der Waals surface area contributed by atoms with Gasteiger partial charge in [-0.25, -0.2) is 0 Å². The number of carboxylic acids is 1. The van der Waals surface area contributed by atoms with E-state index in [2.05, 4.69) is 6.92 Å². The topological polar surface area (TPSA) is 63.3 Å². The maximum atomic E-state index is 10.3. The summed E-state index contributed by atoms with van der Waals surface area (Å²) in [5, 5.41) is 8.48. The van der Waals surface area contributed by atoms with Crippen molar-refractivity contribution in [2.45, 2.75) is 45.6 Å². The summed E-state index contributed by atoms with van der Waals surface area (Å²) < 4.78 is 0. The van der Waals surface area contributed by atoms with E-state index in [4.69, 9.17) is 10.8 Å². The Balaban J connectivity index is 3.60. The average Bonchev–Trinajstić information content (AvgIpc) is 1.98. The predicted octanol–water partition coefficient (Wildman–Crippen LogP) is 1.61. The average molecular weight is 173 g/mol. The van der Waals surface area contributed by atoms with Crippen LogP contribution >= 0.6 is 0 Å². The highest BCUT2D eigenvalue weighted by molar-refractivity contribution is 5.67. The van der Waals surface area contributed by atoms with Gasteiger partial charge in [-0.05, 0) is 12.3 Å². The lowest BCUT2D eigenvalue weighted by Gasteiger charge is -2.17. The Bertz CT molecular complexity index is 136. The quantitative estimate of drug-likeness (QED) is 0.641. The molecule has 0 saturated heterocycles. The first-order valence-electron chi connectivity index (χ1n) is 4.55. The first-order chi connectivity index (χ1) is 5.57. The van der Waals surface area contributed by atoms with Crippen molar-refractivity contribution in [1.82, 2.24) is 0 Å². The van der Waals surface area contributed by atoms with E-state index in [0.717, 1.165) is 19.3 Å². The number of carboxylic acid groups (broad SMARTS) is 1. The van der Waals surface area contributed by atoms with Crippen molar-refractivity contribution >= 4 is 5.97 Å². The lowest BCUT2D eigenvalue weighted by atomic mass is 9.94. The van der Waals surface area contributed by atoms with Crippen molar-refractivity contribution in [3.63, 3.8) is 0 Å². The largest absolute Gasteiger partial charge is 0.481 e. The Kier molecular flexibility index (Phi) is 5.72. The van der Waals surface area contributed by atoms with Crippen LogP contribution in [0, 0.1) is 5.92 Å². The van der Waals surface area contributed by atoms with Crippen molar-refractivity contribution in [3.8, 4) is 0 Å². The molecule has 3 nitrogen and oxygen atoms in total. The molecule has 72 valence electrons. The molecule has 3 N–H and O–H groups in total. The second kappa shape index (κ2) is 6.00. The summed E-state index contributed by atoms with van der Waals surface area (Å²) in [6.45, 7) is 4.14. The highest BCUT2D eigenvalue weighted by atomic mass is 16.4. The summed E-state index contributed by atoms with van der Waals surface area (Å²) in [4.78, 5) is 10.3. The first kappa shape index (κ1) is 11.4. The van der Waals surface area contributed by atoms with Gasteiger partial charge in [0.1, 0.15) is 0 Å². The molecule has 0 aromatic heterocycles. The van der Waals surface area contributed by atoms with E-state index in [-0.39, 0.29) is 12.5 Å². The SMILES string of the molecule is CCCC[C@@H](C)[C@H](N)CC(=O)O. The van der Waals surface area contributed by atoms with Crippen LogP contribution < -0.4 is 5.73 Å². The summed E-state index contributed by atoms with van der Waals surface area (Å²) in [6.07, 6.45) is 3.40. The standard InChI is InChI=1S/C9H19NO2/c1-3-4-5-7(2)8(10)6-9(11)12/h7-8H,3-6,10H2,1-2H3,(H,11,12)/t7-,8-/m1/s1. The minimum Gasteiger partial charge on any atom is -0.481 e. The van der Waals surface area contributed by atoms with Gasteiger partial charge < -0.3 is 10.8 Å². The van der Waals surface area contributed by atoms with Crippen LogP contribution in [-0.2, 0) is 4.79 Å². The molecule has 0 aliphatic carbocycles. The van der Waals surface area contributed by atoms with Crippen molar-refractivity contribution < 1.29 is 9.90 Å². The van der Waals surface area contributed by atoms with Gasteiger partial charge in [-0.1, -0.05) is 26.7 Å². The minimum atomic E-state index is -0.800. The molecule has 2 atom stereocenters. The molecule has 3 heteroatoms. The van der Waals surface area contributed by atoms with E-state index in [1.54, 1.807) is 0 Å². The normalized spacial score (nSPS) is 15.6. The Morgan fingerprint density at radius 3 is 2.58 bits per heavy atom. The van der Waals surface area contributed by atoms with Gasteiger partial charge in [0.25, 0.3) is 0 Å². The molecule has 0 aliphatic rings. The number of aliphatic carboxylic acids is 1. The van der Waals surface area contributed by atoms with Gasteiger partial charge in [-0.2, -0.15) is 0 Å². The Labute approximate surface area is 74.0 Å². The third-order valence-corrected chi connectivity index (χ3v) is 2.15. The van der Waals surface area contributed by atoms with E-state index in [1.807, 2.05) is 6.92 Å². The van der Waals surface area contributed by atoms with Crippen LogP contribution in [0.1, 0.15) is 39.5 Å². The van der Waals surface area contributed by atoms with Gasteiger partial charge in [-0.3, -0.25) is 4.79 Å². The minimum absolute atomic E-state index is 0.0882. The second-order valence-corrected chi connectivity index (χ2v) is 3.38. The highest BCUT2D eigenvalue weighted by Crippen LogP contribution is 2.12. The number of rotatable bonds is 6. The molecule has 0 radical (unpaired) electrons. The third kappa shape index (κ3) is 5.13. The third-order valence-electron chi connectivity index (χ3n) is 2.15. The lowest BCUT2D eigenvalue weighted by Crippen LogP contribution is -2.30. The van der Waals surface area contributed by atoms with Crippen LogP contribution in [0.2, 0.25) is 0 Å². The number of carbonyl (C=O) groups is 1. The Morgan fingerprint density at radius 1 is 1.58 bits per heavy atom. The fourth-order valence-electron chi connectivity index (χ4n) is 1.14. The van der Waals surface area contributed by atoms with Crippen molar-refractivity contribution in [3.05, 3.63) is 0 Å². The Hall–Kier alpha value is -0.570. The van der Waals surface area contributed by atoms with Crippen LogP contribution in [0.15, 0.2) is 0 Å². The zero-order valence-electron chi connectivity index (χ0n) is 7.92. The van der Waals surface area contributed by atoms with Crippen LogP contribution in [0.3, 0.4) is 0 Å². The van der Waals surface area contributed by atoms with Crippen molar-refractivity contribution in [1.29, 1.82) is 0 Å². The van der Waals surface area contributed by atoms with E-state index >= 15 is 0 Å². The maximum Gasteiger partial charge on any atom is 0.304 e. The monoisotopic (exact) mass is 173 g/mol. The smallest absolute Gasteiger partial charge is 0.304 e. The van der Waals surface area contributed by atoms with Crippen LogP contribution in [0.4, 0.5) is 0 Å². The summed E-state index contributed by atoms with van der Waals surface area (Å²) in [5.74, 6) is -0.480. The molecular weight excluding hydrogens is 154 g/mol. The maximum absolute atomic E-state index is 10.3. The highest BCUT2D eigenvalue weighted by Gasteiger charge is 2.14. The molecule has 0 aromatic carbocycles. The van der Waals surface area contributed by atoms with E-state index in [0.29, 0.717) is 5.92 Å². The van der Waals surface area contributed by atoms with Gasteiger partial charge in [0.15, 0.2) is 0 Å². The predicted molar refractivity (Wildman–Crippen MR) is 48.9 cm³/mol. The molecule has 12 heavy (non-hydrogen) atoms. The molecule has 0 heterocycles. The molecule has 0 amide bonds. The summed E-state index contributed by atoms with van der Waals surface area (Å²) in [6, 6.07) is -0.186. The van der Waals surface area contributed by atoms with Crippen LogP contribution in [0.25, 0.3) is 0 Å². The van der Waals surface area contributed by atoms with Crippen LogP contribution in [-0.4, -0.2) is 17.1 Å². The molecule has 0 saturated carbocycles. The number of hydrogen-bond acceptors (Lipinski definition) is 2. The number of nitrogens with two attached hydrogens (primary N) is 1. The zero-order valence-corrected chi connectivity index (χ0v) is 7.92. The fraction of sp³-hybridized carbons (Fsp3) is 0.889. The molecule has 0 spiro atoms. The number of hydrogen-bond donors (Lipinski definition) is 2. The molecule has 0 rings (SSSR count). The second-order valence-electron chi connectivity index (χ2n) is 3.38. The van der Waals surface area contributed by atoms with Gasteiger partial charge in [0.2, 0.25) is 0 Å². The van der Waals surface area contributed by atoms with E-state index in [1.165, 1.54) is 0 Å². The van der Waals surface area contributed by atoms with Gasteiger partial charge in [0, 0.05) is 6.04 Å². The zero-order chi connectivity index (χ0) is 9.56. The first-order valence-corrected chi connectivity index (χ1v) is 4.55. The fourth-order valence-corrected chi connectivity index (χ4v) is 1.14. The molecule has 0 fully saturated rings. The molecule has 0 aliphatic heterocycles. The van der Waals surface area contributed by atoms with Gasteiger partial charge in [-0.15, -0.1) is 0 Å². The van der Waals surface area contributed by atoms with Crippen molar-refractivity contribution in [2.24, 2.45) is 11.7 Å². The Morgan fingerprint density at radius 2 is 2.17 bits per heavy atom. The van der Waals surface area contributed by atoms with E-state index in [9.17, 15) is 4.79 Å². The number of unbranched alkanes of at least 4 members (excludes halogenated alkanes) is 1. The van der Waals surface area contributed by atoms with Crippen LogP contribution in [0.5, 0.6) is 0 Å². The molecular formula is C9H19NO2. The molecule has 0 aromatic rings. The summed E-state index contributed by atoms with van der Waals surface area (Å²) in [5.41, 5.74) is 5.68. The molecule has 0 bridgehead atoms. The summed E-state index contributed by atoms with van der Waals surface area (Å²) >= 11 is 0. The molecule has 0 unspecified atom stereocenters. The van der Waals surface area contributed by atoms with Crippen molar-refractivity contribution in [2.75, 3.05) is 0 Å². The van der Waals surface area contributed by atoms with E-state index < -0.39 is 5.97 Å². The van der Waals surface area contributed by atoms with Gasteiger partial charge >= 0.3 is 5.97 Å².